The van der Waals surface area contributed by atoms with Crippen LogP contribution in [0.3, 0.4) is 0 Å². The van der Waals surface area contributed by atoms with Crippen LogP contribution < -0.4 is 31.3 Å². The average Bonchev–Trinajstić information content (AvgIpc) is 3.28. The molecule has 0 atom stereocenters. The van der Waals surface area contributed by atoms with E-state index >= 15 is 0 Å². The zero-order chi connectivity index (χ0) is 23.5. The van der Waals surface area contributed by atoms with Crippen molar-refractivity contribution < 1.29 is 31.1 Å². The third-order valence-electron chi connectivity index (χ3n) is 6.03. The molecule has 0 unspecified atom stereocenters. The number of imidazole rings is 1. The van der Waals surface area contributed by atoms with Crippen molar-refractivity contribution in [2.45, 2.75) is 25.9 Å². The lowest BCUT2D eigenvalue weighted by Crippen LogP contribution is -3.00. The number of hydrogen-bond acceptors (Lipinski definition) is 5. The molecule has 0 aliphatic rings. The van der Waals surface area contributed by atoms with E-state index in [2.05, 4.69) is 90.0 Å². The topological polar surface area (TPSA) is 54.5 Å². The average molecular weight is 526 g/mol. The number of unbranched alkanes of at least 4 members (excludes halogenated alkanes) is 1. The van der Waals surface area contributed by atoms with Gasteiger partial charge in [0, 0.05) is 81.6 Å². The van der Waals surface area contributed by atoms with E-state index in [1.807, 2.05) is 4.57 Å². The lowest BCUT2D eigenvalue weighted by atomic mass is 10.1. The van der Waals surface area contributed by atoms with E-state index in [1.165, 1.54) is 40.3 Å². The molecule has 2 aromatic carbocycles. The Morgan fingerprint density at radius 1 is 0.941 bits per heavy atom. The second-order valence-electron chi connectivity index (χ2n) is 8.77. The summed E-state index contributed by atoms with van der Waals surface area (Å²) in [6.45, 7) is 1.71. The molecule has 4 rings (SSSR count). The Hall–Kier alpha value is -3.13. The first-order valence-electron chi connectivity index (χ1n) is 11.2. The molecule has 0 amide bonds. The van der Waals surface area contributed by atoms with Crippen LogP contribution in [0.1, 0.15) is 23.3 Å². The minimum Gasteiger partial charge on any atom is -1.00 e. The number of esters is 1. The van der Waals surface area contributed by atoms with Crippen LogP contribution in [0, 0.1) is 0 Å². The second kappa shape index (κ2) is 10.9. The molecule has 0 fully saturated rings. The lowest BCUT2D eigenvalue weighted by molar-refractivity contribution is -0.645. The SMILES string of the molecule is COC(=O)c1cn(CCCC[n+]2c3cc(N(C)C)ccc3cc3ccc(N(C)C)cc32)cn1.[Br-]. The van der Waals surface area contributed by atoms with Gasteiger partial charge in [0.25, 0.3) is 0 Å². The van der Waals surface area contributed by atoms with Crippen molar-refractivity contribution in [3.05, 3.63) is 60.7 Å². The number of anilines is 2. The normalized spacial score (nSPS) is 10.9. The number of carbonyl (C=O) groups is 1. The van der Waals surface area contributed by atoms with Gasteiger partial charge in [-0.3, -0.25) is 0 Å². The van der Waals surface area contributed by atoms with Gasteiger partial charge in [0.15, 0.2) is 5.69 Å². The fourth-order valence-electron chi connectivity index (χ4n) is 4.13. The van der Waals surface area contributed by atoms with Crippen molar-refractivity contribution in [1.82, 2.24) is 9.55 Å². The summed E-state index contributed by atoms with van der Waals surface area (Å²) in [5.74, 6) is -0.403. The maximum absolute atomic E-state index is 11.6. The summed E-state index contributed by atoms with van der Waals surface area (Å²) in [4.78, 5) is 20.0. The summed E-state index contributed by atoms with van der Waals surface area (Å²) in [5.41, 5.74) is 5.20. The second-order valence-corrected chi connectivity index (χ2v) is 8.77. The van der Waals surface area contributed by atoms with Gasteiger partial charge in [-0.05, 0) is 36.8 Å². The Bertz CT molecular complexity index is 1230. The van der Waals surface area contributed by atoms with Gasteiger partial charge in [-0.2, -0.15) is 4.57 Å². The third kappa shape index (κ3) is 5.33. The van der Waals surface area contributed by atoms with Gasteiger partial charge in [-0.15, -0.1) is 0 Å². The molecule has 0 saturated carbocycles. The molecule has 4 aromatic rings. The Morgan fingerprint density at radius 2 is 1.53 bits per heavy atom. The Kier molecular flexibility index (Phi) is 8.15. The van der Waals surface area contributed by atoms with Gasteiger partial charge in [-0.25, -0.2) is 9.78 Å². The summed E-state index contributed by atoms with van der Waals surface area (Å²) in [6, 6.07) is 15.6. The minimum atomic E-state index is -0.403. The number of nitrogens with zero attached hydrogens (tertiary/aromatic N) is 5. The molecule has 34 heavy (non-hydrogen) atoms. The van der Waals surface area contributed by atoms with Crippen molar-refractivity contribution in [2.75, 3.05) is 45.1 Å². The molecule has 8 heteroatoms. The number of pyridine rings is 1. The van der Waals surface area contributed by atoms with Crippen molar-refractivity contribution in [2.24, 2.45) is 0 Å². The van der Waals surface area contributed by atoms with E-state index in [1.54, 1.807) is 12.5 Å². The first-order chi connectivity index (χ1) is 15.9. The van der Waals surface area contributed by atoms with E-state index in [-0.39, 0.29) is 17.0 Å². The van der Waals surface area contributed by atoms with Gasteiger partial charge < -0.3 is 36.1 Å². The molecule has 7 nitrogen and oxygen atoms in total. The Morgan fingerprint density at radius 3 is 2.06 bits per heavy atom. The fraction of sp³-hybridized carbons (Fsp3) is 0.346. The molecule has 2 aromatic heterocycles. The molecule has 180 valence electrons. The molecule has 2 heterocycles. The number of carbonyl (C=O) groups excluding carboxylic acids is 1. The molecule has 0 radical (unpaired) electrons. The Balaban J connectivity index is 0.00000324. The van der Waals surface area contributed by atoms with Crippen molar-refractivity contribution in [1.29, 1.82) is 0 Å². The minimum absolute atomic E-state index is 0. The van der Waals surface area contributed by atoms with E-state index in [4.69, 9.17) is 4.74 Å². The quantitative estimate of drug-likeness (QED) is 0.148. The smallest absolute Gasteiger partial charge is 0.358 e. The number of aromatic nitrogens is 3. The van der Waals surface area contributed by atoms with Crippen LogP contribution in [-0.4, -0.2) is 50.8 Å². The van der Waals surface area contributed by atoms with E-state index in [0.29, 0.717) is 5.69 Å². The maximum atomic E-state index is 11.6. The molecular formula is C26H32BrN5O2. The zero-order valence-corrected chi connectivity index (χ0v) is 22.0. The number of halogens is 1. The van der Waals surface area contributed by atoms with Crippen molar-refractivity contribution in [3.8, 4) is 0 Å². The van der Waals surface area contributed by atoms with Gasteiger partial charge >= 0.3 is 5.97 Å². The summed E-state index contributed by atoms with van der Waals surface area (Å²) in [6.07, 6.45) is 5.42. The van der Waals surface area contributed by atoms with Gasteiger partial charge in [0.2, 0.25) is 11.0 Å². The summed E-state index contributed by atoms with van der Waals surface area (Å²) in [5, 5.41) is 2.48. The predicted octanol–water partition coefficient (Wildman–Crippen LogP) is 0.880. The lowest BCUT2D eigenvalue weighted by Gasteiger charge is -2.15. The number of rotatable bonds is 8. The summed E-state index contributed by atoms with van der Waals surface area (Å²) in [7, 11) is 9.67. The Labute approximate surface area is 211 Å². The highest BCUT2D eigenvalue weighted by molar-refractivity contribution is 5.91. The van der Waals surface area contributed by atoms with Crippen LogP contribution >= 0.6 is 0 Å². The summed E-state index contributed by atoms with van der Waals surface area (Å²) >= 11 is 0. The largest absolute Gasteiger partial charge is 1.00 e. The molecule has 0 bridgehead atoms. The zero-order valence-electron chi connectivity index (χ0n) is 20.5. The third-order valence-corrected chi connectivity index (χ3v) is 6.03. The number of methoxy groups -OCH3 is 1. The first kappa shape index (κ1) is 25.5. The molecule has 0 N–H and O–H groups in total. The highest BCUT2D eigenvalue weighted by Crippen LogP contribution is 2.25. The van der Waals surface area contributed by atoms with Gasteiger partial charge in [0.1, 0.15) is 6.54 Å². The highest BCUT2D eigenvalue weighted by Gasteiger charge is 2.17. The van der Waals surface area contributed by atoms with Crippen molar-refractivity contribution >= 4 is 39.1 Å². The molecule has 0 aliphatic heterocycles. The fourth-order valence-corrected chi connectivity index (χ4v) is 4.13. The van der Waals surface area contributed by atoms with Crippen LogP contribution in [0.2, 0.25) is 0 Å². The molecule has 0 saturated heterocycles. The van der Waals surface area contributed by atoms with Crippen LogP contribution in [-0.2, 0) is 17.8 Å². The van der Waals surface area contributed by atoms with Crippen LogP contribution in [0.25, 0.3) is 21.8 Å². The highest BCUT2D eigenvalue weighted by atomic mass is 79.9. The van der Waals surface area contributed by atoms with E-state index in [9.17, 15) is 4.79 Å². The molecule has 0 aliphatic carbocycles. The molecule has 0 spiro atoms. The number of ether oxygens (including phenoxy) is 1. The molecular weight excluding hydrogens is 494 g/mol. The monoisotopic (exact) mass is 525 g/mol. The van der Waals surface area contributed by atoms with Crippen LogP contribution in [0.15, 0.2) is 55.0 Å². The van der Waals surface area contributed by atoms with E-state index < -0.39 is 5.97 Å². The van der Waals surface area contributed by atoms with Crippen molar-refractivity contribution in [3.63, 3.8) is 0 Å². The number of aryl methyl sites for hydroxylation is 2. The maximum Gasteiger partial charge on any atom is 0.358 e. The van der Waals surface area contributed by atoms with Gasteiger partial charge in [-0.1, -0.05) is 0 Å². The standard InChI is InChI=1S/C26H32N5O2.BrH/c1-28(2)21-10-8-19-14-20-9-11-22(29(3)4)16-25(20)31(24(19)15-21)13-7-6-12-30-17-23(27-18-30)26(32)33-5;/h8-11,14-18H,6-7,12-13H2,1-5H3;1H/q+1;/p-1. The van der Waals surface area contributed by atoms with Crippen LogP contribution in [0.5, 0.6) is 0 Å². The predicted molar refractivity (Wildman–Crippen MR) is 133 cm³/mol. The van der Waals surface area contributed by atoms with E-state index in [0.717, 1.165) is 25.9 Å². The summed E-state index contributed by atoms with van der Waals surface area (Å²) < 4.78 is 9.14. The first-order valence-corrected chi connectivity index (χ1v) is 11.2. The van der Waals surface area contributed by atoms with Gasteiger partial charge in [0.05, 0.1) is 13.4 Å². The van der Waals surface area contributed by atoms with Crippen LogP contribution in [0.4, 0.5) is 11.4 Å². The number of benzene rings is 2. The number of hydrogen-bond donors (Lipinski definition) is 0. The number of fused-ring (bicyclic) bond motifs is 2.